The zero-order valence-corrected chi connectivity index (χ0v) is 18.0. The zero-order chi connectivity index (χ0) is 20.1. The van der Waals surface area contributed by atoms with Gasteiger partial charge in [0.2, 0.25) is 0 Å². The zero-order valence-electron chi connectivity index (χ0n) is 16.4. The molecule has 0 N–H and O–H groups in total. The lowest BCUT2D eigenvalue weighted by Gasteiger charge is -2.11. The van der Waals surface area contributed by atoms with E-state index in [0.717, 1.165) is 21.2 Å². The monoisotopic (exact) mass is 413 g/mol. The highest BCUT2D eigenvalue weighted by Gasteiger charge is 2.14. The summed E-state index contributed by atoms with van der Waals surface area (Å²) in [6.07, 6.45) is 2.04. The number of thioether (sulfide) groups is 2. The molecule has 3 aromatic rings. The van der Waals surface area contributed by atoms with E-state index in [0.29, 0.717) is 12.3 Å². The maximum atomic E-state index is 12.3. The molecule has 0 aliphatic heterocycles. The molecule has 0 radical (unpaired) electrons. The number of benzene rings is 2. The molecule has 0 saturated carbocycles. The van der Waals surface area contributed by atoms with Crippen molar-refractivity contribution >= 4 is 27.9 Å². The van der Waals surface area contributed by atoms with Gasteiger partial charge >= 0.3 is 5.69 Å². The van der Waals surface area contributed by atoms with Crippen molar-refractivity contribution in [2.75, 3.05) is 6.26 Å². The number of hydrogen-bond donors (Lipinski definition) is 0. The van der Waals surface area contributed by atoms with Gasteiger partial charge in [-0.1, -0.05) is 53.7 Å². The highest BCUT2D eigenvalue weighted by atomic mass is 32.2. The average molecular weight is 414 g/mol. The van der Waals surface area contributed by atoms with E-state index in [1.165, 1.54) is 20.5 Å². The minimum atomic E-state index is -0.255. The smallest absolute Gasteiger partial charge is 0.267 e. The van der Waals surface area contributed by atoms with E-state index in [9.17, 15) is 4.79 Å². The van der Waals surface area contributed by atoms with E-state index < -0.39 is 0 Å². The summed E-state index contributed by atoms with van der Waals surface area (Å²) in [5, 5.41) is 7.82. The van der Waals surface area contributed by atoms with Gasteiger partial charge in [0.25, 0.3) is 0 Å². The van der Waals surface area contributed by atoms with Crippen LogP contribution in [-0.4, -0.2) is 30.4 Å². The predicted molar refractivity (Wildman–Crippen MR) is 118 cm³/mol. The molecule has 1 aromatic heterocycles. The third kappa shape index (κ3) is 4.74. The van der Waals surface area contributed by atoms with Crippen LogP contribution in [0.5, 0.6) is 0 Å². The van der Waals surface area contributed by atoms with Crippen molar-refractivity contribution in [1.29, 1.82) is 0 Å². The van der Waals surface area contributed by atoms with Gasteiger partial charge < -0.3 is 0 Å². The van der Waals surface area contributed by atoms with E-state index in [2.05, 4.69) is 41.6 Å². The Hall–Kier alpha value is -2.32. The van der Waals surface area contributed by atoms with Crippen LogP contribution in [0, 0.1) is 13.8 Å². The number of rotatable bonds is 5. The molecular formula is C20H23N5OS2. The molecule has 28 heavy (non-hydrogen) atoms. The van der Waals surface area contributed by atoms with E-state index in [-0.39, 0.29) is 5.69 Å². The van der Waals surface area contributed by atoms with Crippen LogP contribution < -0.4 is 5.69 Å². The number of tetrazole rings is 1. The fraction of sp³-hybridized carbons (Fsp3) is 0.300. The molecule has 146 valence electrons. The fourth-order valence-corrected chi connectivity index (χ4v) is 4.45. The Bertz CT molecular complexity index is 1050. The molecular weight excluding hydrogens is 390 g/mol. The van der Waals surface area contributed by atoms with E-state index in [4.69, 9.17) is 4.99 Å². The molecule has 0 saturated heterocycles. The SMILES string of the molecule is CSC(=NCc1cccc(C)c1)SCc1c(C)cccc1-n1nnn(C)c1=O. The van der Waals surface area contributed by atoms with E-state index >= 15 is 0 Å². The highest BCUT2D eigenvalue weighted by molar-refractivity contribution is 8.38. The molecule has 8 heteroatoms. The van der Waals surface area contributed by atoms with Gasteiger partial charge in [-0.2, -0.15) is 9.36 Å². The van der Waals surface area contributed by atoms with Crippen LogP contribution in [0.15, 0.2) is 52.3 Å². The Morgan fingerprint density at radius 3 is 2.61 bits per heavy atom. The minimum absolute atomic E-state index is 0.255. The molecule has 6 nitrogen and oxygen atoms in total. The molecule has 0 amide bonds. The average Bonchev–Trinajstić information content (AvgIpc) is 3.01. The van der Waals surface area contributed by atoms with Crippen molar-refractivity contribution in [2.24, 2.45) is 12.0 Å². The highest BCUT2D eigenvalue weighted by Crippen LogP contribution is 2.26. The molecule has 3 rings (SSSR count). The summed E-state index contributed by atoms with van der Waals surface area (Å²) < 4.78 is 3.60. The van der Waals surface area contributed by atoms with Crippen LogP contribution in [-0.2, 0) is 19.3 Å². The third-order valence-electron chi connectivity index (χ3n) is 4.32. The van der Waals surface area contributed by atoms with Crippen molar-refractivity contribution < 1.29 is 0 Å². The predicted octanol–water partition coefficient (Wildman–Crippen LogP) is 3.74. The van der Waals surface area contributed by atoms with Crippen LogP contribution >= 0.6 is 23.5 Å². The van der Waals surface area contributed by atoms with Gasteiger partial charge in [0.1, 0.15) is 4.38 Å². The lowest BCUT2D eigenvalue weighted by atomic mass is 10.1. The Kier molecular flexibility index (Phi) is 6.74. The van der Waals surface area contributed by atoms with Gasteiger partial charge in [-0.25, -0.2) is 4.79 Å². The van der Waals surface area contributed by atoms with Crippen LogP contribution in [0.4, 0.5) is 0 Å². The number of aliphatic imine (C=N–C) groups is 1. The number of hydrogen-bond acceptors (Lipinski definition) is 6. The Labute approximate surface area is 173 Å². The van der Waals surface area contributed by atoms with Gasteiger partial charge in [0, 0.05) is 12.8 Å². The van der Waals surface area contributed by atoms with Gasteiger partial charge in [0.05, 0.1) is 12.2 Å². The Morgan fingerprint density at radius 1 is 1.14 bits per heavy atom. The summed E-state index contributed by atoms with van der Waals surface area (Å²) in [5.41, 5.74) is 5.13. The molecule has 2 aromatic carbocycles. The third-order valence-corrected chi connectivity index (χ3v) is 6.46. The number of aryl methyl sites for hydroxylation is 3. The van der Waals surface area contributed by atoms with Crippen molar-refractivity contribution in [3.8, 4) is 5.69 Å². The molecule has 0 aliphatic rings. The quantitative estimate of drug-likeness (QED) is 0.471. The first-order valence-electron chi connectivity index (χ1n) is 8.84. The van der Waals surface area contributed by atoms with Gasteiger partial charge in [0.15, 0.2) is 0 Å². The Balaban J connectivity index is 1.80. The van der Waals surface area contributed by atoms with E-state index in [1.54, 1.807) is 30.6 Å². The van der Waals surface area contributed by atoms with Gasteiger partial charge in [-0.15, -0.1) is 11.8 Å². The van der Waals surface area contributed by atoms with Gasteiger partial charge in [-0.3, -0.25) is 4.99 Å². The molecule has 0 unspecified atom stereocenters. The van der Waals surface area contributed by atoms with Crippen LogP contribution in [0.3, 0.4) is 0 Å². The molecule has 0 fully saturated rings. The summed E-state index contributed by atoms with van der Waals surface area (Å²) in [7, 11) is 1.60. The van der Waals surface area contributed by atoms with Crippen molar-refractivity contribution in [2.45, 2.75) is 26.1 Å². The molecule has 0 spiro atoms. The second kappa shape index (κ2) is 9.25. The standard InChI is InChI=1S/C20H23N5OS2/c1-14-7-5-9-16(11-14)12-21-19(27-4)28-13-17-15(2)8-6-10-18(17)25-20(26)24(3)22-23-25/h5-11H,12-13H2,1-4H3. The lowest BCUT2D eigenvalue weighted by molar-refractivity contribution is 0.692. The Morgan fingerprint density at radius 2 is 1.93 bits per heavy atom. The largest absolute Gasteiger partial charge is 0.368 e. The molecule has 0 bridgehead atoms. The molecule has 0 aliphatic carbocycles. The van der Waals surface area contributed by atoms with Crippen LogP contribution in [0.2, 0.25) is 0 Å². The summed E-state index contributed by atoms with van der Waals surface area (Å²) in [4.78, 5) is 17.0. The normalized spacial score (nSPS) is 11.8. The summed E-state index contributed by atoms with van der Waals surface area (Å²) >= 11 is 3.32. The first kappa shape index (κ1) is 20.4. The minimum Gasteiger partial charge on any atom is -0.267 e. The van der Waals surface area contributed by atoms with Crippen molar-refractivity contribution in [3.63, 3.8) is 0 Å². The molecule has 1 heterocycles. The first-order chi connectivity index (χ1) is 13.5. The summed E-state index contributed by atoms with van der Waals surface area (Å²) in [6, 6.07) is 14.3. The maximum Gasteiger partial charge on any atom is 0.368 e. The summed E-state index contributed by atoms with van der Waals surface area (Å²) in [6.45, 7) is 4.80. The first-order valence-corrected chi connectivity index (χ1v) is 11.0. The van der Waals surface area contributed by atoms with Crippen molar-refractivity contribution in [1.82, 2.24) is 19.8 Å². The number of aromatic nitrogens is 4. The van der Waals surface area contributed by atoms with Crippen LogP contribution in [0.1, 0.15) is 22.3 Å². The topological polar surface area (TPSA) is 65.1 Å². The lowest BCUT2D eigenvalue weighted by Crippen LogP contribution is -2.23. The second-order valence-corrected chi connectivity index (χ2v) is 8.45. The molecule has 0 atom stereocenters. The maximum absolute atomic E-state index is 12.3. The van der Waals surface area contributed by atoms with Gasteiger partial charge in [-0.05, 0) is 53.3 Å². The second-order valence-electron chi connectivity index (χ2n) is 6.43. The van der Waals surface area contributed by atoms with Crippen LogP contribution in [0.25, 0.3) is 5.69 Å². The van der Waals surface area contributed by atoms with Crippen molar-refractivity contribution in [3.05, 3.63) is 75.2 Å². The van der Waals surface area contributed by atoms with E-state index in [1.807, 2.05) is 31.4 Å². The number of nitrogens with zero attached hydrogens (tertiary/aromatic N) is 5. The fourth-order valence-electron chi connectivity index (χ4n) is 2.81. The summed E-state index contributed by atoms with van der Waals surface area (Å²) in [5.74, 6) is 0.707.